The quantitative estimate of drug-likeness (QED) is 0.186. The summed E-state index contributed by atoms with van der Waals surface area (Å²) in [6.07, 6.45) is 8.81. The Morgan fingerprint density at radius 3 is 2.38 bits per heavy atom. The summed E-state index contributed by atoms with van der Waals surface area (Å²) < 4.78 is 34.8. The molecule has 1 amide bonds. The van der Waals surface area contributed by atoms with Gasteiger partial charge in [-0.15, -0.1) is 0 Å². The molecule has 3 aromatic carbocycles. The summed E-state index contributed by atoms with van der Waals surface area (Å²) in [6.45, 7) is 2.47. The van der Waals surface area contributed by atoms with E-state index >= 15 is 0 Å². The van der Waals surface area contributed by atoms with Gasteiger partial charge in [-0.1, -0.05) is 62.4 Å². The number of sulfonamides is 1. The van der Waals surface area contributed by atoms with E-state index in [4.69, 9.17) is 4.74 Å². The lowest BCUT2D eigenvalue weighted by atomic mass is 9.87. The van der Waals surface area contributed by atoms with Gasteiger partial charge in [-0.2, -0.15) is 16.1 Å². The monoisotopic (exact) mass is 652 g/mol. The fourth-order valence-corrected chi connectivity index (χ4v) is 7.82. The Balaban J connectivity index is 1.70. The summed E-state index contributed by atoms with van der Waals surface area (Å²) in [5.74, 6) is 0.115. The topological polar surface area (TPSA) is 113 Å². The van der Waals surface area contributed by atoms with E-state index in [0.717, 1.165) is 36.0 Å². The number of ether oxygens (including phenoxy) is 1. The molecule has 1 unspecified atom stereocenters. The van der Waals surface area contributed by atoms with E-state index in [0.29, 0.717) is 41.5 Å². The summed E-state index contributed by atoms with van der Waals surface area (Å²) in [6, 6.07) is 18.4. The first-order chi connectivity index (χ1) is 21.6. The number of aryl methyl sites for hydroxylation is 1. The normalized spacial score (nSPS) is 14.7. The fraction of sp³-hybridized carbons (Fsp3) is 0.429. The Kier molecular flexibility index (Phi) is 12.5. The molecule has 10 heteroatoms. The van der Waals surface area contributed by atoms with Gasteiger partial charge in [0.25, 0.3) is 5.91 Å². The van der Waals surface area contributed by atoms with Crippen LogP contribution < -0.4 is 10.1 Å². The van der Waals surface area contributed by atoms with Gasteiger partial charge in [0.15, 0.2) is 0 Å². The Morgan fingerprint density at radius 2 is 1.73 bits per heavy atom. The number of rotatable bonds is 15. The lowest BCUT2D eigenvalue weighted by Gasteiger charge is -2.27. The van der Waals surface area contributed by atoms with E-state index in [9.17, 15) is 23.1 Å². The molecule has 3 aromatic rings. The minimum Gasteiger partial charge on any atom is -0.497 e. The van der Waals surface area contributed by atoms with Crippen LogP contribution in [-0.2, 0) is 21.4 Å². The number of carbonyl (C=O) groups is 2. The predicted octanol–water partition coefficient (Wildman–Crippen LogP) is 6.77. The van der Waals surface area contributed by atoms with Gasteiger partial charge >= 0.3 is 5.97 Å². The van der Waals surface area contributed by atoms with E-state index in [2.05, 4.69) is 5.32 Å². The number of methoxy groups -OCH3 is 1. The molecule has 4 rings (SSSR count). The van der Waals surface area contributed by atoms with Crippen molar-refractivity contribution in [2.45, 2.75) is 69.4 Å². The molecular formula is C35H44N2O6S2. The molecule has 1 atom stereocenters. The molecule has 0 aromatic heterocycles. The summed E-state index contributed by atoms with van der Waals surface area (Å²) in [7, 11) is -2.30. The van der Waals surface area contributed by atoms with Crippen molar-refractivity contribution >= 4 is 33.7 Å². The second kappa shape index (κ2) is 16.3. The molecule has 242 valence electrons. The number of carbonyl (C=O) groups excluding carboxylic acids is 1. The van der Waals surface area contributed by atoms with Gasteiger partial charge in [0, 0.05) is 18.7 Å². The molecule has 0 aliphatic heterocycles. The number of carboxylic acids is 1. The number of nitrogens with zero attached hydrogens (tertiary/aromatic N) is 1. The van der Waals surface area contributed by atoms with Crippen molar-refractivity contribution in [3.8, 4) is 16.9 Å². The summed E-state index contributed by atoms with van der Waals surface area (Å²) in [5.41, 5.74) is 3.48. The van der Waals surface area contributed by atoms with Gasteiger partial charge < -0.3 is 15.2 Å². The third-order valence-corrected chi connectivity index (χ3v) is 11.0. The molecule has 1 aliphatic carbocycles. The number of benzene rings is 3. The smallest absolute Gasteiger partial charge is 0.326 e. The first kappa shape index (κ1) is 34.5. The first-order valence-corrected chi connectivity index (χ1v) is 18.3. The molecule has 0 spiro atoms. The van der Waals surface area contributed by atoms with E-state index in [-0.39, 0.29) is 11.4 Å². The number of hydrogen-bond donors (Lipinski definition) is 2. The first-order valence-electron chi connectivity index (χ1n) is 15.5. The second-order valence-corrected chi connectivity index (χ2v) is 14.6. The Labute approximate surface area is 271 Å². The highest BCUT2D eigenvalue weighted by molar-refractivity contribution is 7.98. The van der Waals surface area contributed by atoms with Crippen molar-refractivity contribution in [2.24, 2.45) is 5.92 Å². The Morgan fingerprint density at radius 1 is 1.02 bits per heavy atom. The molecule has 1 aliphatic rings. The van der Waals surface area contributed by atoms with Crippen LogP contribution in [0.1, 0.15) is 66.4 Å². The SMILES string of the molecule is COc1ccc(S(=O)(=O)N(CCC2CCCCC2)Cc2ccc(C(=O)NC(CCSC)C(=O)O)c(-c3ccccc3C)c2)cc1. The van der Waals surface area contributed by atoms with E-state index in [1.807, 2.05) is 43.5 Å². The molecule has 1 saturated carbocycles. The fourth-order valence-electron chi connectivity index (χ4n) is 5.90. The van der Waals surface area contributed by atoms with Crippen LogP contribution in [0.15, 0.2) is 71.6 Å². The molecule has 8 nitrogen and oxygen atoms in total. The predicted molar refractivity (Wildman–Crippen MR) is 180 cm³/mol. The Bertz CT molecular complexity index is 1550. The number of hydrogen-bond acceptors (Lipinski definition) is 6. The maximum atomic E-state index is 14.0. The van der Waals surface area contributed by atoms with Crippen LogP contribution in [0.25, 0.3) is 11.1 Å². The van der Waals surface area contributed by atoms with Crippen LogP contribution in [-0.4, -0.2) is 61.4 Å². The van der Waals surface area contributed by atoms with E-state index in [1.54, 1.807) is 47.8 Å². The third-order valence-electron chi connectivity index (χ3n) is 8.55. The summed E-state index contributed by atoms with van der Waals surface area (Å²) in [4.78, 5) is 25.6. The highest BCUT2D eigenvalue weighted by atomic mass is 32.2. The number of nitrogens with one attached hydrogen (secondary N) is 1. The van der Waals surface area contributed by atoms with Crippen LogP contribution in [0.4, 0.5) is 0 Å². The highest BCUT2D eigenvalue weighted by Crippen LogP contribution is 2.31. The molecule has 45 heavy (non-hydrogen) atoms. The van der Waals surface area contributed by atoms with Gasteiger partial charge in [-0.05, 0) is 96.3 Å². The lowest BCUT2D eigenvalue weighted by molar-refractivity contribution is -0.139. The van der Waals surface area contributed by atoms with Gasteiger partial charge in [0.2, 0.25) is 10.0 Å². The number of aliphatic carboxylic acids is 1. The lowest BCUT2D eigenvalue weighted by Crippen LogP contribution is -2.41. The van der Waals surface area contributed by atoms with Gasteiger partial charge in [0.1, 0.15) is 11.8 Å². The van der Waals surface area contributed by atoms with Crippen molar-refractivity contribution < 1.29 is 27.9 Å². The number of carboxylic acid groups (broad SMARTS) is 1. The van der Waals surface area contributed by atoms with Gasteiger partial charge in [0.05, 0.1) is 12.0 Å². The van der Waals surface area contributed by atoms with Crippen molar-refractivity contribution in [1.82, 2.24) is 9.62 Å². The van der Waals surface area contributed by atoms with Crippen molar-refractivity contribution in [2.75, 3.05) is 25.7 Å². The van der Waals surface area contributed by atoms with Gasteiger partial charge in [-0.25, -0.2) is 13.2 Å². The maximum absolute atomic E-state index is 14.0. The summed E-state index contributed by atoms with van der Waals surface area (Å²) in [5, 5.41) is 12.4. The molecule has 2 N–H and O–H groups in total. The van der Waals surface area contributed by atoms with Crippen LogP contribution in [0.2, 0.25) is 0 Å². The molecule has 0 bridgehead atoms. The number of thioether (sulfide) groups is 1. The van der Waals surface area contributed by atoms with Crippen LogP contribution in [0.5, 0.6) is 5.75 Å². The highest BCUT2D eigenvalue weighted by Gasteiger charge is 2.28. The van der Waals surface area contributed by atoms with Crippen molar-refractivity contribution in [3.05, 3.63) is 83.4 Å². The van der Waals surface area contributed by atoms with Gasteiger partial charge in [-0.3, -0.25) is 4.79 Å². The minimum absolute atomic E-state index is 0.132. The second-order valence-electron chi connectivity index (χ2n) is 11.6. The molecule has 0 heterocycles. The maximum Gasteiger partial charge on any atom is 0.326 e. The zero-order chi connectivity index (χ0) is 32.4. The van der Waals surface area contributed by atoms with Crippen molar-refractivity contribution in [3.63, 3.8) is 0 Å². The zero-order valence-corrected chi connectivity index (χ0v) is 28.0. The van der Waals surface area contributed by atoms with E-state index < -0.39 is 27.9 Å². The molecule has 0 radical (unpaired) electrons. The summed E-state index contributed by atoms with van der Waals surface area (Å²) >= 11 is 1.52. The van der Waals surface area contributed by atoms with Crippen LogP contribution in [0.3, 0.4) is 0 Å². The van der Waals surface area contributed by atoms with E-state index in [1.165, 1.54) is 31.0 Å². The Hall–Kier alpha value is -3.34. The zero-order valence-electron chi connectivity index (χ0n) is 26.3. The molecular weight excluding hydrogens is 609 g/mol. The number of amides is 1. The largest absolute Gasteiger partial charge is 0.497 e. The minimum atomic E-state index is -3.84. The standard InChI is InChI=1S/C35H44N2O6S2/c1-25-9-7-8-12-30(25)32-23-27(13-18-31(32)34(38)36-33(35(39)40)20-22-44-3)24-37(21-19-26-10-5-4-6-11-26)45(41,42)29-16-14-28(43-2)15-17-29/h7-9,12-18,23,26,33H,4-6,10-11,19-22,24H2,1-3H3,(H,36,38)(H,39,40). The molecule has 0 saturated heterocycles. The molecule has 1 fully saturated rings. The van der Waals surface area contributed by atoms with Crippen molar-refractivity contribution in [1.29, 1.82) is 0 Å². The average Bonchev–Trinajstić information content (AvgIpc) is 3.05. The van der Waals surface area contributed by atoms with Crippen LogP contribution in [0, 0.1) is 12.8 Å². The van der Waals surface area contributed by atoms with Crippen LogP contribution >= 0.6 is 11.8 Å². The third kappa shape index (κ3) is 9.11. The average molecular weight is 653 g/mol.